The Labute approximate surface area is 250 Å². The highest BCUT2D eigenvalue weighted by molar-refractivity contribution is 8.00. The van der Waals surface area contributed by atoms with Gasteiger partial charge in [-0.15, -0.1) is 11.8 Å². The first-order chi connectivity index (χ1) is 19.4. The van der Waals surface area contributed by atoms with Gasteiger partial charge in [0.2, 0.25) is 0 Å². The summed E-state index contributed by atoms with van der Waals surface area (Å²) in [5.41, 5.74) is 3.82. The molecule has 41 heavy (non-hydrogen) atoms. The van der Waals surface area contributed by atoms with Crippen molar-refractivity contribution >= 4 is 51.1 Å². The minimum atomic E-state index is -0.963. The van der Waals surface area contributed by atoms with Gasteiger partial charge in [-0.05, 0) is 49.7 Å². The van der Waals surface area contributed by atoms with Crippen LogP contribution in [0.25, 0.3) is 21.8 Å². The minimum Gasteiger partial charge on any atom is -0.485 e. The predicted molar refractivity (Wildman–Crippen MR) is 169 cm³/mol. The number of fused-ring (bicyclic) bond motifs is 2. The molecule has 0 saturated carbocycles. The van der Waals surface area contributed by atoms with Gasteiger partial charge in [-0.3, -0.25) is 4.79 Å². The zero-order valence-corrected chi connectivity index (χ0v) is 25.6. The summed E-state index contributed by atoms with van der Waals surface area (Å²) in [6.07, 6.45) is 0.370. The van der Waals surface area contributed by atoms with Crippen LogP contribution in [0.5, 0.6) is 5.75 Å². The van der Waals surface area contributed by atoms with E-state index in [1.165, 1.54) is 0 Å². The lowest BCUT2D eigenvalue weighted by Crippen LogP contribution is -2.28. The molecule has 2 aromatic heterocycles. The van der Waals surface area contributed by atoms with Crippen LogP contribution in [0.1, 0.15) is 51.6 Å². The molecule has 1 N–H and O–H groups in total. The highest BCUT2D eigenvalue weighted by Crippen LogP contribution is 2.45. The number of aliphatic carboxylic acids is 1. The Morgan fingerprint density at radius 3 is 2.39 bits per heavy atom. The van der Waals surface area contributed by atoms with Crippen LogP contribution in [0.3, 0.4) is 0 Å². The minimum absolute atomic E-state index is 0.0899. The number of hydrogen-bond acceptors (Lipinski definition) is 4. The molecule has 0 aliphatic carbocycles. The number of aromatic nitrogens is 2. The summed E-state index contributed by atoms with van der Waals surface area (Å²) in [5.74, 6) is -0.0899. The third kappa shape index (κ3) is 6.55. The van der Waals surface area contributed by atoms with Gasteiger partial charge in [0.15, 0.2) is 0 Å². The van der Waals surface area contributed by atoms with E-state index in [1.54, 1.807) is 25.6 Å². The third-order valence-electron chi connectivity index (χ3n) is 6.98. The normalized spacial score (nSPS) is 12.2. The van der Waals surface area contributed by atoms with Crippen molar-refractivity contribution < 1.29 is 14.6 Å². The summed E-state index contributed by atoms with van der Waals surface area (Å²) < 4.78 is 8.64. The Morgan fingerprint density at radius 2 is 1.68 bits per heavy atom. The van der Waals surface area contributed by atoms with Crippen molar-refractivity contribution in [1.29, 1.82) is 0 Å². The Bertz CT molecular complexity index is 1720. The number of ether oxygens (including phenoxy) is 1. The second-order valence-corrected chi connectivity index (χ2v) is 14.3. The molecule has 0 aliphatic heterocycles. The van der Waals surface area contributed by atoms with Gasteiger partial charge in [-0.25, -0.2) is 4.98 Å². The van der Waals surface area contributed by atoms with E-state index in [9.17, 15) is 9.90 Å². The number of pyridine rings is 1. The van der Waals surface area contributed by atoms with Crippen LogP contribution in [0.4, 0.5) is 0 Å². The summed E-state index contributed by atoms with van der Waals surface area (Å²) in [6, 6.07) is 26.0. The van der Waals surface area contributed by atoms with E-state index in [4.69, 9.17) is 21.3 Å². The van der Waals surface area contributed by atoms with Crippen LogP contribution in [0, 0.1) is 5.41 Å². The van der Waals surface area contributed by atoms with Gasteiger partial charge >= 0.3 is 5.97 Å². The SMILES string of the molecule is CC(C)(C)Sc1c(CC(C)(C)C(=O)O)n(Cc2ccc(Cl)cc2)c2c(OCc3ccc4ccccc4n3)cccc12. The number of para-hydroxylation sites is 2. The quantitative estimate of drug-likeness (QED) is 0.175. The van der Waals surface area contributed by atoms with Crippen LogP contribution in [-0.2, 0) is 24.4 Å². The summed E-state index contributed by atoms with van der Waals surface area (Å²) in [7, 11) is 0. The Hall–Kier alpha value is -3.48. The van der Waals surface area contributed by atoms with Gasteiger partial charge in [0, 0.05) is 44.1 Å². The summed E-state index contributed by atoms with van der Waals surface area (Å²) in [4.78, 5) is 18.2. The maximum atomic E-state index is 12.3. The summed E-state index contributed by atoms with van der Waals surface area (Å²) in [5, 5.41) is 12.9. The van der Waals surface area contributed by atoms with Crippen molar-refractivity contribution in [3.8, 4) is 5.75 Å². The Balaban J connectivity index is 1.66. The molecule has 5 aromatic rings. The Morgan fingerprint density at radius 1 is 0.951 bits per heavy atom. The molecule has 0 unspecified atom stereocenters. The first-order valence-electron chi connectivity index (χ1n) is 13.7. The second-order valence-electron chi connectivity index (χ2n) is 12.0. The molecule has 3 aromatic carbocycles. The van der Waals surface area contributed by atoms with E-state index >= 15 is 0 Å². The van der Waals surface area contributed by atoms with E-state index in [0.717, 1.165) is 49.4 Å². The van der Waals surface area contributed by atoms with Crippen molar-refractivity contribution in [3.05, 3.63) is 101 Å². The van der Waals surface area contributed by atoms with E-state index in [2.05, 4.69) is 37.5 Å². The Kier molecular flexibility index (Phi) is 8.09. The molecule has 212 valence electrons. The standard InChI is InChI=1S/C34H35ClN2O3S/c1-33(2,3)41-31-26-10-8-12-29(40-21-25-18-15-23-9-6-7-11-27(23)36-25)30(26)37(20-22-13-16-24(35)17-14-22)28(31)19-34(4,5)32(38)39/h6-18H,19-21H2,1-5H3,(H,38,39). The lowest BCUT2D eigenvalue weighted by molar-refractivity contribution is -0.146. The molecular formula is C34H35ClN2O3S. The number of carboxylic acids is 1. The van der Waals surface area contributed by atoms with Crippen molar-refractivity contribution in [2.24, 2.45) is 5.41 Å². The fourth-order valence-corrected chi connectivity index (χ4v) is 6.20. The van der Waals surface area contributed by atoms with Crippen LogP contribution >= 0.6 is 23.4 Å². The monoisotopic (exact) mass is 586 g/mol. The number of rotatable bonds is 9. The van der Waals surface area contributed by atoms with Gasteiger partial charge in [-0.2, -0.15) is 0 Å². The number of benzene rings is 3. The number of hydrogen-bond donors (Lipinski definition) is 1. The molecule has 5 nitrogen and oxygen atoms in total. The molecule has 2 heterocycles. The largest absolute Gasteiger partial charge is 0.485 e. The smallest absolute Gasteiger partial charge is 0.309 e. The third-order valence-corrected chi connectivity index (χ3v) is 8.51. The molecule has 0 radical (unpaired) electrons. The van der Waals surface area contributed by atoms with Crippen molar-refractivity contribution in [2.75, 3.05) is 0 Å². The van der Waals surface area contributed by atoms with Gasteiger partial charge < -0.3 is 14.4 Å². The molecule has 0 bridgehead atoms. The van der Waals surface area contributed by atoms with Crippen molar-refractivity contribution in [2.45, 2.75) is 63.8 Å². The second kappa shape index (κ2) is 11.4. The van der Waals surface area contributed by atoms with E-state index in [1.807, 2.05) is 66.7 Å². The lowest BCUT2D eigenvalue weighted by Gasteiger charge is -2.24. The molecule has 0 aliphatic rings. The van der Waals surface area contributed by atoms with Gasteiger partial charge in [0.05, 0.1) is 22.1 Å². The summed E-state index contributed by atoms with van der Waals surface area (Å²) in [6.45, 7) is 11.0. The van der Waals surface area contributed by atoms with Crippen LogP contribution in [-0.4, -0.2) is 25.4 Å². The fraction of sp³-hybridized carbons (Fsp3) is 0.294. The zero-order valence-electron chi connectivity index (χ0n) is 24.1. The van der Waals surface area contributed by atoms with Crippen LogP contribution < -0.4 is 4.74 Å². The average molecular weight is 587 g/mol. The van der Waals surface area contributed by atoms with E-state index < -0.39 is 11.4 Å². The molecule has 5 rings (SSSR count). The van der Waals surface area contributed by atoms with Crippen LogP contribution in [0.2, 0.25) is 5.02 Å². The average Bonchev–Trinajstić information content (AvgIpc) is 3.19. The molecule has 0 spiro atoms. The zero-order chi connectivity index (χ0) is 29.4. The molecule has 0 amide bonds. The van der Waals surface area contributed by atoms with Gasteiger partial charge in [0.25, 0.3) is 0 Å². The fourth-order valence-electron chi connectivity index (χ4n) is 4.89. The maximum absolute atomic E-state index is 12.3. The number of thioether (sulfide) groups is 1. The predicted octanol–water partition coefficient (Wildman–Crippen LogP) is 9.01. The maximum Gasteiger partial charge on any atom is 0.309 e. The topological polar surface area (TPSA) is 64.3 Å². The van der Waals surface area contributed by atoms with Gasteiger partial charge in [0.1, 0.15) is 12.4 Å². The number of halogens is 1. The molecular weight excluding hydrogens is 552 g/mol. The molecule has 0 saturated heterocycles. The number of carboxylic acid groups (broad SMARTS) is 1. The first kappa shape index (κ1) is 29.0. The van der Waals surface area contributed by atoms with Crippen LogP contribution in [0.15, 0.2) is 83.8 Å². The highest BCUT2D eigenvalue weighted by atomic mass is 35.5. The first-order valence-corrected chi connectivity index (χ1v) is 14.9. The summed E-state index contributed by atoms with van der Waals surface area (Å²) >= 11 is 7.96. The van der Waals surface area contributed by atoms with E-state index in [0.29, 0.717) is 24.6 Å². The highest BCUT2D eigenvalue weighted by Gasteiger charge is 2.33. The molecule has 0 atom stereocenters. The van der Waals surface area contributed by atoms with Gasteiger partial charge in [-0.1, -0.05) is 80.9 Å². The van der Waals surface area contributed by atoms with Crippen molar-refractivity contribution in [1.82, 2.24) is 9.55 Å². The number of nitrogens with zero attached hydrogens (tertiary/aromatic N) is 2. The number of carbonyl (C=O) groups is 1. The lowest BCUT2D eigenvalue weighted by atomic mass is 9.88. The molecule has 7 heteroatoms. The molecule has 0 fully saturated rings. The van der Waals surface area contributed by atoms with E-state index in [-0.39, 0.29) is 4.75 Å². The van der Waals surface area contributed by atoms with Crippen molar-refractivity contribution in [3.63, 3.8) is 0 Å².